The van der Waals surface area contributed by atoms with Gasteiger partial charge in [0.2, 0.25) is 5.90 Å². The molecule has 0 amide bonds. The van der Waals surface area contributed by atoms with E-state index in [9.17, 15) is 4.79 Å². The Hall–Kier alpha value is -3.37. The zero-order chi connectivity index (χ0) is 20.2. The smallest absolute Gasteiger partial charge is 0.363 e. The van der Waals surface area contributed by atoms with Crippen LogP contribution in [0.25, 0.3) is 6.08 Å². The van der Waals surface area contributed by atoms with Gasteiger partial charge in [-0.05, 0) is 60.0 Å². The maximum atomic E-state index is 12.2. The molecule has 3 aromatic carbocycles. The second-order valence-electron chi connectivity index (χ2n) is 6.64. The van der Waals surface area contributed by atoms with Crippen molar-refractivity contribution in [3.8, 4) is 5.75 Å². The van der Waals surface area contributed by atoms with Gasteiger partial charge in [0, 0.05) is 10.6 Å². The lowest BCUT2D eigenvalue weighted by molar-refractivity contribution is -0.129. The van der Waals surface area contributed by atoms with E-state index in [0.717, 1.165) is 22.3 Å². The molecule has 0 atom stereocenters. The second kappa shape index (κ2) is 8.33. The normalized spacial score (nSPS) is 14.6. The first-order chi connectivity index (χ1) is 14.1. The number of ether oxygens (including phenoxy) is 2. The molecule has 0 bridgehead atoms. The lowest BCUT2D eigenvalue weighted by Crippen LogP contribution is -2.06. The van der Waals surface area contributed by atoms with Gasteiger partial charge < -0.3 is 9.47 Å². The Morgan fingerprint density at radius 3 is 2.62 bits per heavy atom. The number of nitrogens with zero attached hydrogens (tertiary/aromatic N) is 1. The third-order valence-electron chi connectivity index (χ3n) is 4.48. The van der Waals surface area contributed by atoms with E-state index in [1.165, 1.54) is 0 Å². The van der Waals surface area contributed by atoms with E-state index in [4.69, 9.17) is 21.1 Å². The molecule has 0 N–H and O–H groups in total. The fraction of sp³-hybridized carbons (Fsp3) is 0.0833. The van der Waals surface area contributed by atoms with Gasteiger partial charge in [0.25, 0.3) is 0 Å². The Morgan fingerprint density at radius 1 is 1.03 bits per heavy atom. The molecule has 1 aliphatic heterocycles. The van der Waals surface area contributed by atoms with Gasteiger partial charge in [-0.3, -0.25) is 0 Å². The van der Waals surface area contributed by atoms with E-state index >= 15 is 0 Å². The van der Waals surface area contributed by atoms with Crippen LogP contribution in [0.2, 0.25) is 5.02 Å². The Bertz CT molecular complexity index is 1120. The molecule has 1 aliphatic rings. The number of aliphatic imine (C=N–C) groups is 1. The third-order valence-corrected chi connectivity index (χ3v) is 4.73. The molecule has 1 heterocycles. The molecule has 5 heteroatoms. The molecule has 144 valence electrons. The van der Waals surface area contributed by atoms with Crippen LogP contribution < -0.4 is 4.74 Å². The number of esters is 1. The lowest BCUT2D eigenvalue weighted by atomic mass is 10.1. The van der Waals surface area contributed by atoms with Crippen LogP contribution in [0, 0.1) is 6.92 Å². The van der Waals surface area contributed by atoms with Gasteiger partial charge in [-0.1, -0.05) is 54.1 Å². The molecule has 0 saturated heterocycles. The van der Waals surface area contributed by atoms with Gasteiger partial charge in [-0.15, -0.1) is 0 Å². The van der Waals surface area contributed by atoms with Crippen LogP contribution in [0.1, 0.15) is 22.3 Å². The van der Waals surface area contributed by atoms with Crippen molar-refractivity contribution in [3.63, 3.8) is 0 Å². The monoisotopic (exact) mass is 403 g/mol. The minimum atomic E-state index is -0.462. The number of rotatable bonds is 5. The van der Waals surface area contributed by atoms with Crippen molar-refractivity contribution in [2.75, 3.05) is 0 Å². The zero-order valence-corrected chi connectivity index (χ0v) is 16.5. The van der Waals surface area contributed by atoms with E-state index in [2.05, 4.69) is 4.99 Å². The highest BCUT2D eigenvalue weighted by molar-refractivity contribution is 6.30. The molecule has 4 nitrogen and oxygen atoms in total. The number of halogens is 1. The largest absolute Gasteiger partial charge is 0.489 e. The fourth-order valence-electron chi connectivity index (χ4n) is 2.94. The predicted molar refractivity (Wildman–Crippen MR) is 114 cm³/mol. The number of aryl methyl sites for hydroxylation is 1. The summed E-state index contributed by atoms with van der Waals surface area (Å²) in [4.78, 5) is 16.6. The van der Waals surface area contributed by atoms with Crippen LogP contribution >= 0.6 is 11.6 Å². The van der Waals surface area contributed by atoms with E-state index in [0.29, 0.717) is 23.3 Å². The summed E-state index contributed by atoms with van der Waals surface area (Å²) < 4.78 is 11.2. The molecular formula is C24H18ClNO3. The van der Waals surface area contributed by atoms with Gasteiger partial charge >= 0.3 is 5.97 Å². The Labute approximate surface area is 174 Å². The minimum absolute atomic E-state index is 0.262. The maximum absolute atomic E-state index is 12.2. The van der Waals surface area contributed by atoms with Gasteiger partial charge in [0.1, 0.15) is 12.4 Å². The number of benzene rings is 3. The molecular weight excluding hydrogens is 386 g/mol. The molecule has 29 heavy (non-hydrogen) atoms. The van der Waals surface area contributed by atoms with Crippen molar-refractivity contribution in [1.82, 2.24) is 0 Å². The Kier molecular flexibility index (Phi) is 5.45. The molecule has 0 spiro atoms. The number of carbonyl (C=O) groups excluding carboxylic acids is 1. The molecule has 4 rings (SSSR count). The minimum Gasteiger partial charge on any atom is -0.489 e. The lowest BCUT2D eigenvalue weighted by Gasteiger charge is -2.07. The summed E-state index contributed by atoms with van der Waals surface area (Å²) in [5.74, 6) is 0.564. The van der Waals surface area contributed by atoms with Crippen LogP contribution in [0.15, 0.2) is 83.5 Å². The summed E-state index contributed by atoms with van der Waals surface area (Å²) in [5, 5.41) is 0.691. The molecule has 3 aromatic rings. The van der Waals surface area contributed by atoms with Gasteiger partial charge in [-0.2, -0.15) is 0 Å². The maximum Gasteiger partial charge on any atom is 0.363 e. The quantitative estimate of drug-likeness (QED) is 0.413. The van der Waals surface area contributed by atoms with Gasteiger partial charge in [0.05, 0.1) is 0 Å². The predicted octanol–water partition coefficient (Wildman–Crippen LogP) is 5.57. The van der Waals surface area contributed by atoms with Crippen molar-refractivity contribution in [2.45, 2.75) is 13.5 Å². The number of hydrogen-bond donors (Lipinski definition) is 0. The van der Waals surface area contributed by atoms with Crippen molar-refractivity contribution < 1.29 is 14.3 Å². The van der Waals surface area contributed by atoms with Crippen molar-refractivity contribution in [2.24, 2.45) is 4.99 Å². The highest BCUT2D eigenvalue weighted by Crippen LogP contribution is 2.23. The molecule has 0 aliphatic carbocycles. The van der Waals surface area contributed by atoms with Crippen molar-refractivity contribution >= 4 is 29.5 Å². The summed E-state index contributed by atoms with van der Waals surface area (Å²) in [6, 6.07) is 22.6. The first-order valence-electron chi connectivity index (χ1n) is 9.14. The summed E-state index contributed by atoms with van der Waals surface area (Å²) in [7, 11) is 0. The Balaban J connectivity index is 1.52. The molecule has 0 saturated carbocycles. The zero-order valence-electron chi connectivity index (χ0n) is 15.8. The molecule has 0 fully saturated rings. The van der Waals surface area contributed by atoms with Crippen molar-refractivity contribution in [1.29, 1.82) is 0 Å². The number of cyclic esters (lactones) is 1. The number of hydrogen-bond acceptors (Lipinski definition) is 4. The van der Waals surface area contributed by atoms with E-state index in [1.54, 1.807) is 6.08 Å². The SMILES string of the molecule is Cc1ccccc1C1=N/C(=C\c2cccc(OCc3ccc(Cl)cc3)c2)C(=O)O1. The molecule has 0 radical (unpaired) electrons. The van der Waals surface area contributed by atoms with Crippen LogP contribution in [-0.2, 0) is 16.1 Å². The van der Waals surface area contributed by atoms with Crippen LogP contribution in [0.3, 0.4) is 0 Å². The van der Waals surface area contributed by atoms with E-state index < -0.39 is 5.97 Å². The topological polar surface area (TPSA) is 47.9 Å². The van der Waals surface area contributed by atoms with Crippen LogP contribution in [0.5, 0.6) is 5.75 Å². The standard InChI is InChI=1S/C24H18ClNO3/c1-16-5-2-3-8-21(16)23-26-22(24(27)29-23)14-18-6-4-7-20(13-18)28-15-17-9-11-19(25)12-10-17/h2-14H,15H2,1H3/b22-14-. The van der Waals surface area contributed by atoms with Gasteiger partial charge in [-0.25, -0.2) is 9.79 Å². The summed E-state index contributed by atoms with van der Waals surface area (Å²) in [6.07, 6.45) is 1.70. The summed E-state index contributed by atoms with van der Waals surface area (Å²) >= 11 is 5.90. The van der Waals surface area contributed by atoms with E-state index in [1.807, 2.05) is 79.7 Å². The second-order valence-corrected chi connectivity index (χ2v) is 7.08. The highest BCUT2D eigenvalue weighted by atomic mass is 35.5. The number of carbonyl (C=O) groups is 1. The third kappa shape index (κ3) is 4.55. The summed E-state index contributed by atoms with van der Waals surface area (Å²) in [5.41, 5.74) is 3.89. The average Bonchev–Trinajstić information content (AvgIpc) is 3.08. The Morgan fingerprint density at radius 2 is 1.83 bits per heavy atom. The molecule has 0 unspecified atom stereocenters. The fourth-order valence-corrected chi connectivity index (χ4v) is 3.06. The van der Waals surface area contributed by atoms with Crippen LogP contribution in [-0.4, -0.2) is 11.9 Å². The molecule has 0 aromatic heterocycles. The first-order valence-corrected chi connectivity index (χ1v) is 9.52. The first kappa shape index (κ1) is 19.0. The highest BCUT2D eigenvalue weighted by Gasteiger charge is 2.24. The summed E-state index contributed by atoms with van der Waals surface area (Å²) in [6.45, 7) is 2.38. The van der Waals surface area contributed by atoms with Crippen molar-refractivity contribution in [3.05, 3.63) is 106 Å². The average molecular weight is 404 g/mol. The van der Waals surface area contributed by atoms with Crippen LogP contribution in [0.4, 0.5) is 0 Å². The van der Waals surface area contributed by atoms with Gasteiger partial charge in [0.15, 0.2) is 5.70 Å². The van der Waals surface area contributed by atoms with E-state index in [-0.39, 0.29) is 5.70 Å².